The van der Waals surface area contributed by atoms with E-state index in [1.807, 2.05) is 30.3 Å². The van der Waals surface area contributed by atoms with Gasteiger partial charge in [0, 0.05) is 4.90 Å². The van der Waals surface area contributed by atoms with E-state index in [1.165, 1.54) is 0 Å². The molecule has 0 atom stereocenters. The molecule has 0 bridgehead atoms. The van der Waals surface area contributed by atoms with Crippen molar-refractivity contribution in [3.8, 4) is 11.5 Å². The molecule has 2 rings (SSSR count). The minimum absolute atomic E-state index is 0.346. The number of methoxy groups -OCH3 is 2. The molecule has 0 saturated heterocycles. The summed E-state index contributed by atoms with van der Waals surface area (Å²) < 4.78 is 15.5. The van der Waals surface area contributed by atoms with E-state index in [0.717, 1.165) is 15.5 Å². The van der Waals surface area contributed by atoms with E-state index >= 15 is 0 Å². The van der Waals surface area contributed by atoms with E-state index in [1.54, 1.807) is 45.0 Å². The van der Waals surface area contributed by atoms with Crippen LogP contribution in [-0.4, -0.2) is 26.8 Å². The lowest BCUT2D eigenvalue weighted by atomic mass is 10.2. The van der Waals surface area contributed by atoms with Crippen molar-refractivity contribution in [1.29, 1.82) is 0 Å². The van der Waals surface area contributed by atoms with Gasteiger partial charge in [-0.25, -0.2) is 4.79 Å². The van der Waals surface area contributed by atoms with Gasteiger partial charge in [0.2, 0.25) is 0 Å². The summed E-state index contributed by atoms with van der Waals surface area (Å²) in [6, 6.07) is 13.1. The minimum atomic E-state index is -0.346. The van der Waals surface area contributed by atoms with E-state index in [0.29, 0.717) is 17.9 Å². The summed E-state index contributed by atoms with van der Waals surface area (Å²) in [4.78, 5) is 13.7. The molecular formula is C17H18O4S. The molecule has 0 unspecified atom stereocenters. The summed E-state index contributed by atoms with van der Waals surface area (Å²) >= 11 is 1.56. The van der Waals surface area contributed by atoms with Gasteiger partial charge in [-0.05, 0) is 49.4 Å². The molecule has 0 heterocycles. The Morgan fingerprint density at radius 2 is 1.77 bits per heavy atom. The lowest BCUT2D eigenvalue weighted by Crippen LogP contribution is -2.04. The van der Waals surface area contributed by atoms with E-state index in [-0.39, 0.29) is 5.97 Å². The molecule has 2 aromatic rings. The maximum Gasteiger partial charge on any atom is 0.338 e. The fourth-order valence-electron chi connectivity index (χ4n) is 1.86. The van der Waals surface area contributed by atoms with E-state index < -0.39 is 0 Å². The number of benzene rings is 2. The predicted molar refractivity (Wildman–Crippen MR) is 86.1 cm³/mol. The zero-order valence-corrected chi connectivity index (χ0v) is 13.6. The van der Waals surface area contributed by atoms with Crippen LogP contribution < -0.4 is 9.47 Å². The van der Waals surface area contributed by atoms with Crippen molar-refractivity contribution in [2.24, 2.45) is 0 Å². The summed E-state index contributed by atoms with van der Waals surface area (Å²) in [5.41, 5.74) is 0.484. The van der Waals surface area contributed by atoms with Crippen LogP contribution >= 0.6 is 11.8 Å². The summed E-state index contributed by atoms with van der Waals surface area (Å²) in [6.07, 6.45) is 0. The SMILES string of the molecule is CCOC(=O)c1ccc(Sc2ccc(OC)cc2)c(OC)c1. The van der Waals surface area contributed by atoms with Crippen molar-refractivity contribution in [1.82, 2.24) is 0 Å². The molecule has 22 heavy (non-hydrogen) atoms. The van der Waals surface area contributed by atoms with Gasteiger partial charge in [0.15, 0.2) is 0 Å². The van der Waals surface area contributed by atoms with Gasteiger partial charge in [-0.1, -0.05) is 11.8 Å². The first-order valence-electron chi connectivity index (χ1n) is 6.85. The van der Waals surface area contributed by atoms with Crippen LogP contribution in [0.25, 0.3) is 0 Å². The Bertz CT molecular complexity index is 638. The van der Waals surface area contributed by atoms with Crippen LogP contribution in [0, 0.1) is 0 Å². The molecule has 0 saturated carbocycles. The molecule has 0 aliphatic rings. The molecule has 0 aromatic heterocycles. The zero-order chi connectivity index (χ0) is 15.9. The smallest absolute Gasteiger partial charge is 0.338 e. The van der Waals surface area contributed by atoms with Gasteiger partial charge in [0.1, 0.15) is 11.5 Å². The fraction of sp³-hybridized carbons (Fsp3) is 0.235. The fourth-order valence-corrected chi connectivity index (χ4v) is 2.77. The summed E-state index contributed by atoms with van der Waals surface area (Å²) in [5.74, 6) is 1.11. The molecular weight excluding hydrogens is 300 g/mol. The van der Waals surface area contributed by atoms with Gasteiger partial charge in [-0.2, -0.15) is 0 Å². The van der Waals surface area contributed by atoms with Gasteiger partial charge in [0.05, 0.1) is 31.3 Å². The van der Waals surface area contributed by atoms with Crippen LogP contribution in [0.3, 0.4) is 0 Å². The highest BCUT2D eigenvalue weighted by molar-refractivity contribution is 7.99. The number of hydrogen-bond acceptors (Lipinski definition) is 5. The molecule has 0 radical (unpaired) electrons. The second kappa shape index (κ2) is 7.75. The molecule has 0 fully saturated rings. The van der Waals surface area contributed by atoms with Crippen molar-refractivity contribution >= 4 is 17.7 Å². The lowest BCUT2D eigenvalue weighted by molar-refractivity contribution is 0.0526. The molecule has 116 valence electrons. The second-order valence-electron chi connectivity index (χ2n) is 4.36. The van der Waals surface area contributed by atoms with Gasteiger partial charge in [-0.3, -0.25) is 0 Å². The molecule has 4 nitrogen and oxygen atoms in total. The number of rotatable bonds is 6. The van der Waals surface area contributed by atoms with Gasteiger partial charge >= 0.3 is 5.97 Å². The summed E-state index contributed by atoms with van der Waals surface area (Å²) in [6.45, 7) is 2.13. The monoisotopic (exact) mass is 318 g/mol. The van der Waals surface area contributed by atoms with Crippen LogP contribution in [-0.2, 0) is 4.74 Å². The largest absolute Gasteiger partial charge is 0.497 e. The molecule has 0 aliphatic heterocycles. The maximum atomic E-state index is 11.8. The van der Waals surface area contributed by atoms with Gasteiger partial charge < -0.3 is 14.2 Å². The second-order valence-corrected chi connectivity index (χ2v) is 5.48. The highest BCUT2D eigenvalue weighted by Gasteiger charge is 2.12. The maximum absolute atomic E-state index is 11.8. The predicted octanol–water partition coefficient (Wildman–Crippen LogP) is 4.03. The van der Waals surface area contributed by atoms with Crippen LogP contribution in [0.5, 0.6) is 11.5 Å². The lowest BCUT2D eigenvalue weighted by Gasteiger charge is -2.10. The van der Waals surface area contributed by atoms with E-state index in [2.05, 4.69) is 0 Å². The molecule has 2 aromatic carbocycles. The first-order valence-corrected chi connectivity index (χ1v) is 7.66. The standard InChI is InChI=1S/C17H18O4S/c1-4-21-17(18)12-5-10-16(15(11-12)20-3)22-14-8-6-13(19-2)7-9-14/h5-11H,4H2,1-3H3. The zero-order valence-electron chi connectivity index (χ0n) is 12.8. The number of carbonyl (C=O) groups excluding carboxylic acids is 1. The quantitative estimate of drug-likeness (QED) is 0.752. The molecule has 0 aliphatic carbocycles. The van der Waals surface area contributed by atoms with E-state index in [4.69, 9.17) is 14.2 Å². The highest BCUT2D eigenvalue weighted by Crippen LogP contribution is 2.36. The average Bonchev–Trinajstić information content (AvgIpc) is 2.56. The van der Waals surface area contributed by atoms with Crippen molar-refractivity contribution in [3.63, 3.8) is 0 Å². The van der Waals surface area contributed by atoms with Crippen LogP contribution in [0.2, 0.25) is 0 Å². The first-order chi connectivity index (χ1) is 10.7. The third kappa shape index (κ3) is 3.95. The third-order valence-corrected chi connectivity index (χ3v) is 4.03. The normalized spacial score (nSPS) is 10.1. The number of carbonyl (C=O) groups is 1. The number of esters is 1. The summed E-state index contributed by atoms with van der Waals surface area (Å²) in [7, 11) is 3.22. The molecule has 0 spiro atoms. The number of ether oxygens (including phenoxy) is 3. The van der Waals surface area contributed by atoms with Crippen LogP contribution in [0.1, 0.15) is 17.3 Å². The molecule has 5 heteroatoms. The number of hydrogen-bond donors (Lipinski definition) is 0. The molecule has 0 N–H and O–H groups in total. The van der Waals surface area contributed by atoms with Crippen LogP contribution in [0.15, 0.2) is 52.3 Å². The van der Waals surface area contributed by atoms with Gasteiger partial charge in [0.25, 0.3) is 0 Å². The Labute approximate surface area is 134 Å². The van der Waals surface area contributed by atoms with Gasteiger partial charge in [-0.15, -0.1) is 0 Å². The third-order valence-electron chi connectivity index (χ3n) is 2.96. The van der Waals surface area contributed by atoms with Crippen molar-refractivity contribution in [2.45, 2.75) is 16.7 Å². The van der Waals surface area contributed by atoms with E-state index in [9.17, 15) is 4.79 Å². The average molecular weight is 318 g/mol. The van der Waals surface area contributed by atoms with Crippen molar-refractivity contribution in [3.05, 3.63) is 48.0 Å². The Morgan fingerprint density at radius 1 is 1.05 bits per heavy atom. The highest BCUT2D eigenvalue weighted by atomic mass is 32.2. The Balaban J connectivity index is 2.21. The Morgan fingerprint density at radius 3 is 2.36 bits per heavy atom. The minimum Gasteiger partial charge on any atom is -0.497 e. The topological polar surface area (TPSA) is 44.8 Å². The van der Waals surface area contributed by atoms with Crippen LogP contribution in [0.4, 0.5) is 0 Å². The van der Waals surface area contributed by atoms with Crippen molar-refractivity contribution < 1.29 is 19.0 Å². The Hall–Kier alpha value is -2.14. The Kier molecular flexibility index (Phi) is 5.72. The summed E-state index contributed by atoms with van der Waals surface area (Å²) in [5, 5.41) is 0. The molecule has 0 amide bonds. The van der Waals surface area contributed by atoms with Crippen molar-refractivity contribution in [2.75, 3.05) is 20.8 Å². The first kappa shape index (κ1) is 16.2.